The van der Waals surface area contributed by atoms with Gasteiger partial charge in [-0.15, -0.1) is 0 Å². The number of nitrogens with one attached hydrogen (secondary N) is 2. The zero-order valence-electron chi connectivity index (χ0n) is 16.8. The number of pyridine rings is 1. The molecule has 1 aliphatic heterocycles. The van der Waals surface area contributed by atoms with E-state index < -0.39 is 0 Å². The van der Waals surface area contributed by atoms with E-state index in [1.54, 1.807) is 13.4 Å². The van der Waals surface area contributed by atoms with Crippen molar-refractivity contribution < 1.29 is 13.9 Å². The van der Waals surface area contributed by atoms with Crippen LogP contribution in [0.2, 0.25) is 0 Å². The van der Waals surface area contributed by atoms with Gasteiger partial charge >= 0.3 is 0 Å². The Morgan fingerprint density at radius 2 is 2.23 bits per heavy atom. The van der Waals surface area contributed by atoms with Crippen LogP contribution in [-0.2, 0) is 17.8 Å². The number of nitrogens with zero attached hydrogens (tertiary/aromatic N) is 1. The van der Waals surface area contributed by atoms with Crippen molar-refractivity contribution in [3.8, 4) is 5.75 Å². The molecular formula is C22H25N3O4S. The van der Waals surface area contributed by atoms with E-state index in [9.17, 15) is 4.79 Å². The lowest BCUT2D eigenvalue weighted by Gasteiger charge is -2.26. The van der Waals surface area contributed by atoms with Crippen molar-refractivity contribution in [2.75, 3.05) is 20.3 Å². The number of hydrogen-bond acceptors (Lipinski definition) is 5. The van der Waals surface area contributed by atoms with Gasteiger partial charge in [0.2, 0.25) is 0 Å². The number of thiocarbonyl (C=S) groups is 1. The van der Waals surface area contributed by atoms with E-state index in [4.69, 9.17) is 26.1 Å². The second kappa shape index (κ2) is 9.32. The molecule has 1 atom stereocenters. The Morgan fingerprint density at radius 3 is 2.97 bits per heavy atom. The van der Waals surface area contributed by atoms with Crippen LogP contribution in [0.25, 0.3) is 10.9 Å². The van der Waals surface area contributed by atoms with Gasteiger partial charge in [-0.1, -0.05) is 0 Å². The van der Waals surface area contributed by atoms with Gasteiger partial charge in [0.25, 0.3) is 5.56 Å². The van der Waals surface area contributed by atoms with Crippen LogP contribution in [0.1, 0.15) is 24.2 Å². The van der Waals surface area contributed by atoms with Crippen LogP contribution in [0.4, 0.5) is 0 Å². The van der Waals surface area contributed by atoms with Crippen LogP contribution in [-0.4, -0.2) is 41.4 Å². The summed E-state index contributed by atoms with van der Waals surface area (Å²) in [6, 6.07) is 11.2. The maximum Gasteiger partial charge on any atom is 0.253 e. The van der Waals surface area contributed by atoms with Crippen LogP contribution in [0.5, 0.6) is 5.75 Å². The maximum atomic E-state index is 12.7. The summed E-state index contributed by atoms with van der Waals surface area (Å²) in [4.78, 5) is 17.6. The van der Waals surface area contributed by atoms with Crippen molar-refractivity contribution in [2.24, 2.45) is 0 Å². The third kappa shape index (κ3) is 4.83. The molecule has 0 unspecified atom stereocenters. The quantitative estimate of drug-likeness (QED) is 0.561. The molecule has 0 radical (unpaired) electrons. The summed E-state index contributed by atoms with van der Waals surface area (Å²) < 4.78 is 16.5. The number of rotatable bonds is 7. The van der Waals surface area contributed by atoms with Crippen molar-refractivity contribution in [1.82, 2.24) is 15.2 Å². The summed E-state index contributed by atoms with van der Waals surface area (Å²) in [5.74, 6) is 1.51. The van der Waals surface area contributed by atoms with Gasteiger partial charge < -0.3 is 29.1 Å². The maximum absolute atomic E-state index is 12.7. The summed E-state index contributed by atoms with van der Waals surface area (Å²) in [7, 11) is 1.62. The summed E-state index contributed by atoms with van der Waals surface area (Å²) in [5.41, 5.74) is 1.24. The van der Waals surface area contributed by atoms with Crippen LogP contribution >= 0.6 is 12.2 Å². The Kier molecular flexibility index (Phi) is 6.35. The zero-order valence-corrected chi connectivity index (χ0v) is 17.7. The first-order chi connectivity index (χ1) is 14.6. The minimum Gasteiger partial charge on any atom is -0.497 e. The lowest BCUT2D eigenvalue weighted by molar-refractivity contribution is 0.113. The van der Waals surface area contributed by atoms with E-state index in [1.807, 2.05) is 41.3 Å². The zero-order chi connectivity index (χ0) is 20.9. The average molecular weight is 428 g/mol. The fraction of sp³-hybridized carbons (Fsp3) is 0.364. The largest absolute Gasteiger partial charge is 0.497 e. The third-order valence-corrected chi connectivity index (χ3v) is 5.61. The van der Waals surface area contributed by atoms with Crippen molar-refractivity contribution in [3.63, 3.8) is 0 Å². The van der Waals surface area contributed by atoms with Gasteiger partial charge in [0.05, 0.1) is 32.6 Å². The molecule has 30 heavy (non-hydrogen) atoms. The predicted octanol–water partition coefficient (Wildman–Crippen LogP) is 3.19. The number of furan rings is 1. The van der Waals surface area contributed by atoms with E-state index in [0.29, 0.717) is 30.3 Å². The van der Waals surface area contributed by atoms with Crippen LogP contribution < -0.4 is 15.6 Å². The molecule has 3 aromatic rings. The highest BCUT2D eigenvalue weighted by atomic mass is 32.1. The number of hydrogen-bond donors (Lipinski definition) is 2. The second-order valence-corrected chi connectivity index (χ2v) is 7.72. The molecule has 0 bridgehead atoms. The summed E-state index contributed by atoms with van der Waals surface area (Å²) in [6.07, 6.45) is 3.90. The Morgan fingerprint density at radius 1 is 1.33 bits per heavy atom. The van der Waals surface area contributed by atoms with E-state index in [1.165, 1.54) is 0 Å². The van der Waals surface area contributed by atoms with E-state index in [0.717, 1.165) is 41.9 Å². The Balaban J connectivity index is 1.56. The van der Waals surface area contributed by atoms with Crippen LogP contribution in [0.15, 0.2) is 51.9 Å². The number of aromatic nitrogens is 1. The molecule has 0 saturated carbocycles. The van der Waals surface area contributed by atoms with E-state index >= 15 is 0 Å². The fourth-order valence-electron chi connectivity index (χ4n) is 3.59. The molecule has 3 heterocycles. The topological polar surface area (TPSA) is 79.7 Å². The molecule has 0 amide bonds. The van der Waals surface area contributed by atoms with Gasteiger partial charge in [-0.05, 0) is 61.5 Å². The molecule has 0 aliphatic carbocycles. The molecule has 1 saturated heterocycles. The number of H-pyrrole nitrogens is 1. The predicted molar refractivity (Wildman–Crippen MR) is 119 cm³/mol. The van der Waals surface area contributed by atoms with Gasteiger partial charge in [-0.2, -0.15) is 0 Å². The first-order valence-corrected chi connectivity index (χ1v) is 10.4. The smallest absolute Gasteiger partial charge is 0.253 e. The molecule has 1 aromatic carbocycles. The first-order valence-electron chi connectivity index (χ1n) is 9.99. The van der Waals surface area contributed by atoms with Gasteiger partial charge in [0.15, 0.2) is 5.11 Å². The number of ether oxygens (including phenoxy) is 2. The normalized spacial score (nSPS) is 16.0. The number of methoxy groups -OCH3 is 1. The Bertz CT molecular complexity index is 1060. The minimum absolute atomic E-state index is 0.140. The Labute approximate surface area is 180 Å². The standard InChI is InChI=1S/C22H25N3O4S/c1-27-17-6-7-20-15(11-17)10-16(21(26)24-20)13-25(14-19-5-3-9-29-19)22(30)23-12-18-4-2-8-28-18/h3,5-7,9-11,18H,2,4,8,12-14H2,1H3,(H,23,30)(H,24,26)/t18-/m1/s1. The number of aromatic amines is 1. The molecular weight excluding hydrogens is 402 g/mol. The molecule has 2 N–H and O–H groups in total. The average Bonchev–Trinajstić information content (AvgIpc) is 3.46. The lowest BCUT2D eigenvalue weighted by Crippen LogP contribution is -2.42. The molecule has 7 nitrogen and oxygen atoms in total. The molecule has 8 heteroatoms. The van der Waals surface area contributed by atoms with Gasteiger partial charge in [0, 0.05) is 29.6 Å². The number of fused-ring (bicyclic) bond motifs is 1. The summed E-state index contributed by atoms with van der Waals surface area (Å²) in [5, 5.41) is 4.76. The SMILES string of the molecule is COc1ccc2[nH]c(=O)c(CN(Cc3ccco3)C(=S)NC[C@H]3CCCO3)cc2c1. The van der Waals surface area contributed by atoms with Gasteiger partial charge in [-0.25, -0.2) is 0 Å². The van der Waals surface area contributed by atoms with Crippen molar-refractivity contribution >= 4 is 28.2 Å². The number of benzene rings is 1. The molecule has 158 valence electrons. The Hall–Kier alpha value is -2.84. The highest BCUT2D eigenvalue weighted by Crippen LogP contribution is 2.20. The molecule has 0 spiro atoms. The van der Waals surface area contributed by atoms with Crippen molar-refractivity contribution in [1.29, 1.82) is 0 Å². The highest BCUT2D eigenvalue weighted by molar-refractivity contribution is 7.80. The van der Waals surface area contributed by atoms with Crippen LogP contribution in [0, 0.1) is 0 Å². The monoisotopic (exact) mass is 427 g/mol. The van der Waals surface area contributed by atoms with E-state index in [2.05, 4.69) is 10.3 Å². The fourth-order valence-corrected chi connectivity index (χ4v) is 3.80. The second-order valence-electron chi connectivity index (χ2n) is 7.33. The van der Waals surface area contributed by atoms with Crippen molar-refractivity contribution in [2.45, 2.75) is 32.0 Å². The van der Waals surface area contributed by atoms with E-state index in [-0.39, 0.29) is 11.7 Å². The minimum atomic E-state index is -0.140. The van der Waals surface area contributed by atoms with Gasteiger partial charge in [-0.3, -0.25) is 4.79 Å². The van der Waals surface area contributed by atoms with Crippen LogP contribution in [0.3, 0.4) is 0 Å². The van der Waals surface area contributed by atoms with Gasteiger partial charge in [0.1, 0.15) is 11.5 Å². The summed E-state index contributed by atoms with van der Waals surface area (Å²) >= 11 is 5.65. The highest BCUT2D eigenvalue weighted by Gasteiger charge is 2.19. The first kappa shape index (κ1) is 20.4. The molecule has 1 aliphatic rings. The molecule has 2 aromatic heterocycles. The molecule has 4 rings (SSSR count). The van der Waals surface area contributed by atoms with Crippen molar-refractivity contribution in [3.05, 3.63) is 64.3 Å². The summed E-state index contributed by atoms with van der Waals surface area (Å²) in [6.45, 7) is 2.25. The lowest BCUT2D eigenvalue weighted by atomic mass is 10.1. The molecule has 1 fully saturated rings. The third-order valence-electron chi connectivity index (χ3n) is 5.21.